The molecule has 3 heterocycles. The van der Waals surface area contributed by atoms with Crippen molar-refractivity contribution in [2.24, 2.45) is 0 Å². The van der Waals surface area contributed by atoms with Crippen LogP contribution in [0.15, 0.2) is 51.7 Å². The lowest BCUT2D eigenvalue weighted by Crippen LogP contribution is -2.49. The normalized spacial score (nSPS) is 18.3. The first-order valence-electron chi connectivity index (χ1n) is 9.80. The minimum atomic E-state index is -1.08. The van der Waals surface area contributed by atoms with Crippen molar-refractivity contribution >= 4 is 29.2 Å². The Morgan fingerprint density at radius 3 is 2.77 bits per heavy atom. The summed E-state index contributed by atoms with van der Waals surface area (Å²) in [7, 11) is 0. The van der Waals surface area contributed by atoms with Crippen LogP contribution in [0.3, 0.4) is 0 Å². The van der Waals surface area contributed by atoms with E-state index in [-0.39, 0.29) is 12.8 Å². The summed E-state index contributed by atoms with van der Waals surface area (Å²) in [4.78, 5) is 41.7. The predicted octanol–water partition coefficient (Wildman–Crippen LogP) is 2.71. The van der Waals surface area contributed by atoms with Gasteiger partial charge in [0, 0.05) is 23.8 Å². The first kappa shape index (κ1) is 20.7. The zero-order chi connectivity index (χ0) is 21.8. The Morgan fingerprint density at radius 1 is 1.23 bits per heavy atom. The van der Waals surface area contributed by atoms with Gasteiger partial charge in [-0.15, -0.1) is 0 Å². The van der Waals surface area contributed by atoms with Gasteiger partial charge in [-0.1, -0.05) is 35.5 Å². The highest BCUT2D eigenvalue weighted by Gasteiger charge is 2.48. The summed E-state index contributed by atoms with van der Waals surface area (Å²) in [5.74, 6) is -0.216. The fraction of sp³-hybridized carbons (Fsp3) is 0.286. The van der Waals surface area contributed by atoms with Crippen molar-refractivity contribution in [3.63, 3.8) is 0 Å². The van der Waals surface area contributed by atoms with Crippen LogP contribution >= 0.6 is 11.3 Å². The number of nitrogens with zero attached hydrogens (tertiary/aromatic N) is 3. The number of hydrazine groups is 1. The van der Waals surface area contributed by atoms with Crippen molar-refractivity contribution in [1.82, 2.24) is 25.9 Å². The van der Waals surface area contributed by atoms with Crippen molar-refractivity contribution < 1.29 is 18.9 Å². The summed E-state index contributed by atoms with van der Waals surface area (Å²) in [6, 6.07) is 10.9. The molecule has 0 aliphatic carbocycles. The van der Waals surface area contributed by atoms with E-state index in [1.54, 1.807) is 6.92 Å². The van der Waals surface area contributed by atoms with E-state index in [2.05, 4.69) is 20.9 Å². The van der Waals surface area contributed by atoms with Gasteiger partial charge in [-0.3, -0.25) is 15.0 Å². The van der Waals surface area contributed by atoms with Gasteiger partial charge >= 0.3 is 6.03 Å². The van der Waals surface area contributed by atoms with E-state index in [0.29, 0.717) is 24.6 Å². The number of carbonyl (C=O) groups is 3. The first-order valence-corrected chi connectivity index (χ1v) is 10.7. The van der Waals surface area contributed by atoms with Crippen LogP contribution < -0.4 is 10.7 Å². The van der Waals surface area contributed by atoms with Gasteiger partial charge in [-0.2, -0.15) is 21.3 Å². The number of hydrogen-bond acceptors (Lipinski definition) is 7. The molecule has 1 aromatic carbocycles. The molecule has 2 aromatic heterocycles. The van der Waals surface area contributed by atoms with E-state index >= 15 is 0 Å². The molecule has 1 fully saturated rings. The molecule has 1 aliphatic heterocycles. The maximum atomic E-state index is 12.8. The van der Waals surface area contributed by atoms with E-state index < -0.39 is 23.4 Å². The number of rotatable bonds is 8. The molecule has 1 atom stereocenters. The summed E-state index contributed by atoms with van der Waals surface area (Å²) in [5.41, 5.74) is 3.21. The molecule has 9 nitrogen and oxygen atoms in total. The number of aromatic nitrogens is 2. The number of aryl methyl sites for hydroxylation is 2. The number of urea groups is 1. The average molecular weight is 439 g/mol. The third kappa shape index (κ3) is 4.64. The van der Waals surface area contributed by atoms with E-state index in [1.807, 2.05) is 47.2 Å². The van der Waals surface area contributed by atoms with Crippen LogP contribution in [-0.4, -0.2) is 38.5 Å². The fourth-order valence-electron chi connectivity index (χ4n) is 3.26. The summed E-state index contributed by atoms with van der Waals surface area (Å²) < 4.78 is 5.16. The van der Waals surface area contributed by atoms with Crippen molar-refractivity contribution in [3.05, 3.63) is 58.6 Å². The minimum Gasteiger partial charge on any atom is -0.339 e. The second-order valence-electron chi connectivity index (χ2n) is 7.45. The Morgan fingerprint density at radius 2 is 2.03 bits per heavy atom. The van der Waals surface area contributed by atoms with Gasteiger partial charge in [-0.05, 0) is 36.8 Å². The molecular weight excluding hydrogens is 418 g/mol. The highest BCUT2D eigenvalue weighted by atomic mass is 32.1. The molecule has 160 valence electrons. The van der Waals surface area contributed by atoms with Crippen LogP contribution in [-0.2, 0) is 22.4 Å². The Kier molecular flexibility index (Phi) is 5.81. The largest absolute Gasteiger partial charge is 0.344 e. The number of nitrogens with one attached hydrogen (secondary N) is 2. The molecular formula is C21H21N5O4S. The molecule has 31 heavy (non-hydrogen) atoms. The number of imide groups is 1. The smallest absolute Gasteiger partial charge is 0.339 e. The van der Waals surface area contributed by atoms with Crippen LogP contribution in [0, 0.1) is 0 Å². The lowest BCUT2D eigenvalue weighted by molar-refractivity contribution is -0.138. The second kappa shape index (κ2) is 8.68. The van der Waals surface area contributed by atoms with Crippen LogP contribution in [0.25, 0.3) is 11.4 Å². The van der Waals surface area contributed by atoms with Gasteiger partial charge in [0.15, 0.2) is 0 Å². The molecule has 0 radical (unpaired) electrons. The van der Waals surface area contributed by atoms with Gasteiger partial charge < -0.3 is 9.84 Å². The maximum absolute atomic E-state index is 12.8. The predicted molar refractivity (Wildman–Crippen MR) is 113 cm³/mol. The third-order valence-electron chi connectivity index (χ3n) is 5.07. The van der Waals surface area contributed by atoms with Gasteiger partial charge in [0.2, 0.25) is 17.6 Å². The monoisotopic (exact) mass is 439 g/mol. The van der Waals surface area contributed by atoms with E-state index in [9.17, 15) is 14.4 Å². The molecule has 0 spiro atoms. The second-order valence-corrected chi connectivity index (χ2v) is 8.23. The van der Waals surface area contributed by atoms with Gasteiger partial charge in [0.25, 0.3) is 5.91 Å². The molecule has 1 saturated heterocycles. The van der Waals surface area contributed by atoms with Crippen LogP contribution in [0.5, 0.6) is 0 Å². The summed E-state index contributed by atoms with van der Waals surface area (Å²) in [6.07, 6.45) is 1.22. The number of carbonyl (C=O) groups excluding carboxylic acids is 3. The first-order chi connectivity index (χ1) is 14.9. The van der Waals surface area contributed by atoms with Crippen molar-refractivity contribution in [3.8, 4) is 11.4 Å². The Hall–Kier alpha value is -3.53. The lowest BCUT2D eigenvalue weighted by atomic mass is 9.93. The Bertz CT molecular complexity index is 1080. The molecule has 2 N–H and O–H groups in total. The van der Waals surface area contributed by atoms with Gasteiger partial charge in [0.1, 0.15) is 5.54 Å². The molecule has 0 saturated carbocycles. The summed E-state index contributed by atoms with van der Waals surface area (Å²) in [5, 5.41) is 11.1. The molecule has 10 heteroatoms. The molecule has 0 unspecified atom stereocenters. The Balaban J connectivity index is 1.30. The zero-order valence-electron chi connectivity index (χ0n) is 16.8. The number of benzene rings is 1. The molecule has 4 amide bonds. The summed E-state index contributed by atoms with van der Waals surface area (Å²) >= 11 is 1.52. The van der Waals surface area contributed by atoms with Crippen LogP contribution in [0.1, 0.15) is 31.2 Å². The molecule has 1 aliphatic rings. The number of amides is 4. The van der Waals surface area contributed by atoms with Crippen molar-refractivity contribution in [2.75, 3.05) is 0 Å². The number of hydrogen-bond donors (Lipinski definition) is 2. The fourth-order valence-corrected chi connectivity index (χ4v) is 3.90. The zero-order valence-corrected chi connectivity index (χ0v) is 17.6. The standard InChI is InChI=1S/C21H21N5O4S/c1-21(11-9-14-5-3-2-4-6-14)19(28)26(20(29)23-21)24-16(27)7-8-17-22-18(25-30-17)15-10-12-31-13-15/h2-6,10,12-13H,7-9,11H2,1H3,(H,23,29)(H,24,27)/t21-/m1/s1. The van der Waals surface area contributed by atoms with Crippen molar-refractivity contribution in [1.29, 1.82) is 0 Å². The Labute approximate surface area is 182 Å². The molecule has 4 rings (SSSR count). The van der Waals surface area contributed by atoms with E-state index in [1.165, 1.54) is 11.3 Å². The van der Waals surface area contributed by atoms with Gasteiger partial charge in [-0.25, -0.2) is 4.79 Å². The molecule has 3 aromatic rings. The maximum Gasteiger partial charge on any atom is 0.344 e. The van der Waals surface area contributed by atoms with E-state index in [0.717, 1.165) is 16.1 Å². The third-order valence-corrected chi connectivity index (χ3v) is 5.75. The lowest BCUT2D eigenvalue weighted by Gasteiger charge is -2.21. The highest BCUT2D eigenvalue weighted by Crippen LogP contribution is 2.22. The quantitative estimate of drug-likeness (QED) is 0.521. The highest BCUT2D eigenvalue weighted by molar-refractivity contribution is 7.08. The topological polar surface area (TPSA) is 117 Å². The molecule has 0 bridgehead atoms. The van der Waals surface area contributed by atoms with Crippen LogP contribution in [0.2, 0.25) is 0 Å². The SMILES string of the molecule is C[C@]1(CCc2ccccc2)NC(=O)N(NC(=O)CCc2nc(-c3ccsc3)no2)C1=O. The summed E-state index contributed by atoms with van der Waals surface area (Å²) in [6.45, 7) is 1.66. The van der Waals surface area contributed by atoms with Crippen LogP contribution in [0.4, 0.5) is 4.79 Å². The average Bonchev–Trinajstić information content (AvgIpc) is 3.50. The van der Waals surface area contributed by atoms with Crippen molar-refractivity contribution in [2.45, 2.75) is 38.1 Å². The van der Waals surface area contributed by atoms with E-state index in [4.69, 9.17) is 4.52 Å². The number of thiophene rings is 1. The van der Waals surface area contributed by atoms with Gasteiger partial charge in [0.05, 0.1) is 0 Å². The minimum absolute atomic E-state index is 0.0109.